The minimum absolute atomic E-state index is 0.0105. The molecule has 7 heteroatoms. The predicted molar refractivity (Wildman–Crippen MR) is 58.1 cm³/mol. The molecule has 0 spiro atoms. The monoisotopic (exact) mass is 246 g/mol. The Morgan fingerprint density at radius 3 is 2.44 bits per heavy atom. The zero-order chi connectivity index (χ0) is 12.5. The lowest BCUT2D eigenvalue weighted by Gasteiger charge is -2.09. The van der Waals surface area contributed by atoms with E-state index in [2.05, 4.69) is 4.72 Å². The van der Waals surface area contributed by atoms with Gasteiger partial charge in [-0.1, -0.05) is 0 Å². The molecule has 0 heterocycles. The van der Waals surface area contributed by atoms with Gasteiger partial charge >= 0.3 is 0 Å². The van der Waals surface area contributed by atoms with Gasteiger partial charge < -0.3 is 5.73 Å². The van der Waals surface area contributed by atoms with Crippen LogP contribution in [0, 0.1) is 12.7 Å². The van der Waals surface area contributed by atoms with Gasteiger partial charge in [0.25, 0.3) is 0 Å². The van der Waals surface area contributed by atoms with Gasteiger partial charge in [0.2, 0.25) is 15.9 Å². The van der Waals surface area contributed by atoms with Crippen molar-refractivity contribution in [2.24, 2.45) is 5.73 Å². The Morgan fingerprint density at radius 2 is 2.00 bits per heavy atom. The lowest BCUT2D eigenvalue weighted by atomic mass is 10.1. The summed E-state index contributed by atoms with van der Waals surface area (Å²) in [5.41, 5.74) is 5.01. The average Bonchev–Trinajstić information content (AvgIpc) is 2.10. The van der Waals surface area contributed by atoms with E-state index in [1.165, 1.54) is 13.0 Å². The Labute approximate surface area is 92.5 Å². The topological polar surface area (TPSA) is 89.3 Å². The lowest BCUT2D eigenvalue weighted by molar-refractivity contribution is 0.1000. The first-order valence-corrected chi connectivity index (χ1v) is 6.17. The predicted octanol–water partition coefficient (Wildman–Crippen LogP) is 0.605. The largest absolute Gasteiger partial charge is 0.366 e. The van der Waals surface area contributed by atoms with Crippen LogP contribution in [0.15, 0.2) is 12.1 Å². The standard InChI is InChI=1S/C9H11FN2O3S/c1-5-7(10)3-6(9(11)13)4-8(5)12-16(2,14)15/h3-4,12H,1-2H3,(H2,11,13). The highest BCUT2D eigenvalue weighted by atomic mass is 32.2. The number of nitrogens with two attached hydrogens (primary N) is 1. The minimum Gasteiger partial charge on any atom is -0.366 e. The molecule has 1 aromatic rings. The van der Waals surface area contributed by atoms with E-state index in [-0.39, 0.29) is 16.8 Å². The van der Waals surface area contributed by atoms with Crippen LogP contribution in [0.4, 0.5) is 10.1 Å². The number of nitrogens with one attached hydrogen (secondary N) is 1. The van der Waals surface area contributed by atoms with Crippen LogP contribution in [0.25, 0.3) is 0 Å². The van der Waals surface area contributed by atoms with E-state index in [0.29, 0.717) is 0 Å². The number of carbonyl (C=O) groups excluding carboxylic acids is 1. The van der Waals surface area contributed by atoms with Crippen molar-refractivity contribution >= 4 is 21.6 Å². The summed E-state index contributed by atoms with van der Waals surface area (Å²) >= 11 is 0. The summed E-state index contributed by atoms with van der Waals surface area (Å²) in [6, 6.07) is 2.16. The number of rotatable bonds is 3. The lowest BCUT2D eigenvalue weighted by Crippen LogP contribution is -2.15. The third kappa shape index (κ3) is 2.93. The van der Waals surface area contributed by atoms with E-state index in [1.807, 2.05) is 0 Å². The van der Waals surface area contributed by atoms with Gasteiger partial charge in [-0.15, -0.1) is 0 Å². The summed E-state index contributed by atoms with van der Waals surface area (Å²) in [5.74, 6) is -1.52. The number of anilines is 1. The van der Waals surface area contributed by atoms with E-state index in [0.717, 1.165) is 12.3 Å². The second-order valence-corrected chi connectivity index (χ2v) is 5.12. The number of amides is 1. The van der Waals surface area contributed by atoms with Crippen molar-refractivity contribution in [1.82, 2.24) is 0 Å². The Balaban J connectivity index is 3.33. The van der Waals surface area contributed by atoms with Crippen LogP contribution in [0.3, 0.4) is 0 Å². The van der Waals surface area contributed by atoms with Gasteiger partial charge in [0.05, 0.1) is 11.9 Å². The molecule has 0 unspecified atom stereocenters. The summed E-state index contributed by atoms with van der Waals surface area (Å²) in [4.78, 5) is 10.9. The molecule has 3 N–H and O–H groups in total. The van der Waals surface area contributed by atoms with Crippen molar-refractivity contribution in [3.8, 4) is 0 Å². The maximum atomic E-state index is 13.3. The molecule has 0 atom stereocenters. The van der Waals surface area contributed by atoms with Crippen molar-refractivity contribution < 1.29 is 17.6 Å². The second-order valence-electron chi connectivity index (χ2n) is 3.37. The number of carbonyl (C=O) groups is 1. The van der Waals surface area contributed by atoms with Crippen LogP contribution >= 0.6 is 0 Å². The van der Waals surface area contributed by atoms with Crippen LogP contribution in [-0.2, 0) is 10.0 Å². The normalized spacial score (nSPS) is 11.2. The smallest absolute Gasteiger partial charge is 0.248 e. The molecule has 0 aromatic heterocycles. The summed E-state index contributed by atoms with van der Waals surface area (Å²) in [5, 5.41) is 0. The molecule has 0 aliphatic carbocycles. The third-order valence-corrected chi connectivity index (χ3v) is 2.51. The van der Waals surface area contributed by atoms with Gasteiger partial charge in [0.1, 0.15) is 5.82 Å². The van der Waals surface area contributed by atoms with E-state index < -0.39 is 21.7 Å². The zero-order valence-corrected chi connectivity index (χ0v) is 9.56. The summed E-state index contributed by atoms with van der Waals surface area (Å²) in [6.45, 7) is 1.40. The molecule has 1 amide bonds. The first kappa shape index (κ1) is 12.4. The van der Waals surface area contributed by atoms with Crippen LogP contribution in [-0.4, -0.2) is 20.6 Å². The highest BCUT2D eigenvalue weighted by Crippen LogP contribution is 2.21. The summed E-state index contributed by atoms with van der Waals surface area (Å²) in [7, 11) is -3.53. The molecule has 16 heavy (non-hydrogen) atoms. The van der Waals surface area contributed by atoms with Crippen molar-refractivity contribution in [1.29, 1.82) is 0 Å². The molecule has 0 aliphatic rings. The van der Waals surface area contributed by atoms with Crippen LogP contribution in [0.1, 0.15) is 15.9 Å². The van der Waals surface area contributed by atoms with Crippen molar-refractivity contribution in [3.05, 3.63) is 29.1 Å². The van der Waals surface area contributed by atoms with E-state index >= 15 is 0 Å². The molecule has 0 bridgehead atoms. The Bertz CT molecular complexity index is 540. The molecule has 1 rings (SSSR count). The average molecular weight is 246 g/mol. The third-order valence-electron chi connectivity index (χ3n) is 1.92. The Kier molecular flexibility index (Phi) is 3.18. The van der Waals surface area contributed by atoms with Crippen molar-refractivity contribution in [2.75, 3.05) is 11.0 Å². The molecule has 88 valence electrons. The first-order valence-electron chi connectivity index (χ1n) is 4.28. The fraction of sp³-hybridized carbons (Fsp3) is 0.222. The molecular formula is C9H11FN2O3S. The van der Waals surface area contributed by atoms with Gasteiger partial charge in [-0.2, -0.15) is 0 Å². The molecule has 0 radical (unpaired) electrons. The number of sulfonamides is 1. The Hall–Kier alpha value is -1.63. The van der Waals surface area contributed by atoms with E-state index in [4.69, 9.17) is 5.73 Å². The Morgan fingerprint density at radius 1 is 1.44 bits per heavy atom. The fourth-order valence-corrected chi connectivity index (χ4v) is 1.74. The van der Waals surface area contributed by atoms with Crippen LogP contribution in [0.5, 0.6) is 0 Å². The van der Waals surface area contributed by atoms with Gasteiger partial charge in [0, 0.05) is 11.1 Å². The molecule has 1 aromatic carbocycles. The number of hydrogen-bond donors (Lipinski definition) is 2. The molecule has 0 aliphatic heterocycles. The number of hydrogen-bond acceptors (Lipinski definition) is 3. The number of primary amides is 1. The van der Waals surface area contributed by atoms with E-state index in [9.17, 15) is 17.6 Å². The van der Waals surface area contributed by atoms with Crippen LogP contribution < -0.4 is 10.5 Å². The number of halogens is 1. The highest BCUT2D eigenvalue weighted by Gasteiger charge is 2.12. The highest BCUT2D eigenvalue weighted by molar-refractivity contribution is 7.92. The molecule has 0 fully saturated rings. The quantitative estimate of drug-likeness (QED) is 0.818. The zero-order valence-electron chi connectivity index (χ0n) is 8.74. The van der Waals surface area contributed by atoms with Crippen LogP contribution in [0.2, 0.25) is 0 Å². The molecular weight excluding hydrogens is 235 g/mol. The maximum absolute atomic E-state index is 13.3. The first-order chi connectivity index (χ1) is 7.20. The van der Waals surface area contributed by atoms with E-state index in [1.54, 1.807) is 0 Å². The maximum Gasteiger partial charge on any atom is 0.248 e. The number of benzene rings is 1. The van der Waals surface area contributed by atoms with Gasteiger partial charge in [-0.3, -0.25) is 9.52 Å². The summed E-state index contributed by atoms with van der Waals surface area (Å²) < 4.78 is 37.4. The minimum atomic E-state index is -3.53. The summed E-state index contributed by atoms with van der Waals surface area (Å²) in [6.07, 6.45) is 0.932. The molecule has 0 saturated carbocycles. The second kappa shape index (κ2) is 4.09. The molecule has 5 nitrogen and oxygen atoms in total. The van der Waals surface area contributed by atoms with Gasteiger partial charge in [-0.25, -0.2) is 12.8 Å². The van der Waals surface area contributed by atoms with Crippen molar-refractivity contribution in [2.45, 2.75) is 6.92 Å². The fourth-order valence-electron chi connectivity index (χ4n) is 1.13. The van der Waals surface area contributed by atoms with Gasteiger partial charge in [-0.05, 0) is 19.1 Å². The van der Waals surface area contributed by atoms with Crippen molar-refractivity contribution in [3.63, 3.8) is 0 Å². The SMILES string of the molecule is Cc1c(F)cc(C(N)=O)cc1NS(C)(=O)=O. The molecule has 0 saturated heterocycles. The van der Waals surface area contributed by atoms with Gasteiger partial charge in [0.15, 0.2) is 0 Å².